The van der Waals surface area contributed by atoms with Gasteiger partial charge in [-0.3, -0.25) is 19.4 Å². The number of amides is 2. The van der Waals surface area contributed by atoms with Crippen LogP contribution < -0.4 is 10.6 Å². The molecule has 0 fully saturated rings. The van der Waals surface area contributed by atoms with Gasteiger partial charge in [-0.25, -0.2) is 0 Å². The van der Waals surface area contributed by atoms with Crippen LogP contribution >= 0.6 is 0 Å². The van der Waals surface area contributed by atoms with Gasteiger partial charge in [-0.05, 0) is 42.2 Å². The van der Waals surface area contributed by atoms with Crippen molar-refractivity contribution >= 4 is 34.2 Å². The molecule has 3 rings (SSSR count). The highest BCUT2D eigenvalue weighted by Crippen LogP contribution is 2.23. The molecule has 34 heavy (non-hydrogen) atoms. The van der Waals surface area contributed by atoms with Crippen LogP contribution in [0.15, 0.2) is 60.8 Å². The normalized spacial score (nSPS) is 11.7. The summed E-state index contributed by atoms with van der Waals surface area (Å²) >= 11 is 0. The van der Waals surface area contributed by atoms with E-state index in [1.165, 1.54) is 0 Å². The Morgan fingerprint density at radius 1 is 0.853 bits per heavy atom. The fourth-order valence-corrected chi connectivity index (χ4v) is 3.97. The Hall–Kier alpha value is -3.54. The molecule has 178 valence electrons. The number of hydrogen-bond donors (Lipinski definition) is 2. The van der Waals surface area contributed by atoms with Gasteiger partial charge in [0.1, 0.15) is 5.78 Å². The summed E-state index contributed by atoms with van der Waals surface area (Å²) in [7, 11) is 1.64. The number of para-hydroxylation sites is 1. The number of nitrogens with one attached hydrogen (secondary N) is 2. The molecule has 0 aliphatic rings. The second-order valence-corrected chi connectivity index (χ2v) is 8.61. The smallest absolute Gasteiger partial charge is 0.224 e. The summed E-state index contributed by atoms with van der Waals surface area (Å²) in [5.74, 6) is -0.0840. The van der Waals surface area contributed by atoms with Gasteiger partial charge in [0.25, 0.3) is 0 Å². The van der Waals surface area contributed by atoms with Crippen molar-refractivity contribution in [1.29, 1.82) is 0 Å². The van der Waals surface area contributed by atoms with E-state index in [0.717, 1.165) is 53.4 Å². The SMILES string of the molecule is CNC(=O)CCCCCCC(=O)Nc1ccc(C(C)C(=O)Cc2cccc3cccnc23)cc1. The lowest BCUT2D eigenvalue weighted by atomic mass is 9.92. The molecule has 6 heteroatoms. The third-order valence-corrected chi connectivity index (χ3v) is 6.09. The monoisotopic (exact) mass is 459 g/mol. The minimum atomic E-state index is -0.251. The zero-order valence-corrected chi connectivity index (χ0v) is 20.0. The number of fused-ring (bicyclic) bond motifs is 1. The first-order chi connectivity index (χ1) is 16.5. The Bertz CT molecular complexity index is 1120. The zero-order chi connectivity index (χ0) is 24.3. The maximum atomic E-state index is 12.9. The summed E-state index contributed by atoms with van der Waals surface area (Å²) in [4.78, 5) is 40.8. The number of unbranched alkanes of at least 4 members (excludes halogenated alkanes) is 3. The molecule has 0 aliphatic carbocycles. The molecule has 1 atom stereocenters. The second kappa shape index (κ2) is 12.6. The Balaban J connectivity index is 1.46. The highest BCUT2D eigenvalue weighted by Gasteiger charge is 2.17. The molecule has 1 aromatic heterocycles. The van der Waals surface area contributed by atoms with Gasteiger partial charge in [-0.1, -0.05) is 56.2 Å². The molecule has 3 aromatic rings. The first-order valence-electron chi connectivity index (χ1n) is 11.9. The lowest BCUT2D eigenvalue weighted by molar-refractivity contribution is -0.121. The first kappa shape index (κ1) is 25.1. The van der Waals surface area contributed by atoms with Crippen molar-refractivity contribution < 1.29 is 14.4 Å². The molecule has 0 aliphatic heterocycles. The van der Waals surface area contributed by atoms with Gasteiger partial charge in [0.2, 0.25) is 11.8 Å². The molecule has 2 amide bonds. The van der Waals surface area contributed by atoms with Crippen LogP contribution in [0, 0.1) is 0 Å². The number of rotatable bonds is 12. The number of anilines is 1. The van der Waals surface area contributed by atoms with Crippen LogP contribution in [-0.2, 0) is 20.8 Å². The maximum absolute atomic E-state index is 12.9. The average Bonchev–Trinajstić information content (AvgIpc) is 2.86. The van der Waals surface area contributed by atoms with Crippen molar-refractivity contribution in [2.24, 2.45) is 0 Å². The number of aromatic nitrogens is 1. The predicted octanol–water partition coefficient (Wildman–Crippen LogP) is 5.18. The van der Waals surface area contributed by atoms with Gasteiger partial charge in [-0.2, -0.15) is 0 Å². The summed E-state index contributed by atoms with van der Waals surface area (Å²) in [6.07, 6.45) is 6.58. The number of carbonyl (C=O) groups is 3. The second-order valence-electron chi connectivity index (χ2n) is 8.61. The van der Waals surface area contributed by atoms with E-state index in [1.807, 2.05) is 61.5 Å². The topological polar surface area (TPSA) is 88.2 Å². The van der Waals surface area contributed by atoms with Crippen LogP contribution in [0.3, 0.4) is 0 Å². The van der Waals surface area contributed by atoms with E-state index in [0.29, 0.717) is 19.3 Å². The van der Waals surface area contributed by atoms with E-state index in [9.17, 15) is 14.4 Å². The number of nitrogens with zero attached hydrogens (tertiary/aromatic N) is 1. The standard InChI is InChI=1S/C28H33N3O3/c1-20(25(32)19-23-10-7-9-22-11-8-18-30-28(22)23)21-14-16-24(17-15-21)31-27(34)13-6-4-3-5-12-26(33)29-2/h7-11,14-18,20H,3-6,12-13,19H2,1-2H3,(H,29,33)(H,31,34). The van der Waals surface area contributed by atoms with Gasteiger partial charge in [0.05, 0.1) is 5.52 Å². The highest BCUT2D eigenvalue weighted by atomic mass is 16.2. The molecule has 1 unspecified atom stereocenters. The third kappa shape index (κ3) is 7.24. The molecule has 0 saturated heterocycles. The molecule has 2 aromatic carbocycles. The number of hydrogen-bond acceptors (Lipinski definition) is 4. The lowest BCUT2D eigenvalue weighted by Gasteiger charge is -2.13. The molecular weight excluding hydrogens is 426 g/mol. The Morgan fingerprint density at radius 3 is 2.24 bits per heavy atom. The van der Waals surface area contributed by atoms with Gasteiger partial charge in [0, 0.05) is 49.5 Å². The van der Waals surface area contributed by atoms with Gasteiger partial charge < -0.3 is 10.6 Å². The first-order valence-corrected chi connectivity index (χ1v) is 11.9. The van der Waals surface area contributed by atoms with E-state index >= 15 is 0 Å². The fraction of sp³-hybridized carbons (Fsp3) is 0.357. The van der Waals surface area contributed by atoms with E-state index in [-0.39, 0.29) is 23.5 Å². The van der Waals surface area contributed by atoms with Crippen molar-refractivity contribution in [1.82, 2.24) is 10.3 Å². The largest absolute Gasteiger partial charge is 0.359 e. The summed E-state index contributed by atoms with van der Waals surface area (Å²) in [6.45, 7) is 1.92. The van der Waals surface area contributed by atoms with Crippen LogP contribution in [-0.4, -0.2) is 29.6 Å². The average molecular weight is 460 g/mol. The number of pyridine rings is 1. The molecule has 2 N–H and O–H groups in total. The van der Waals surface area contributed by atoms with Crippen molar-refractivity contribution in [2.45, 2.75) is 57.8 Å². The maximum Gasteiger partial charge on any atom is 0.224 e. The van der Waals surface area contributed by atoms with Crippen LogP contribution in [0.4, 0.5) is 5.69 Å². The Labute approximate surface area is 201 Å². The molecule has 0 saturated carbocycles. The van der Waals surface area contributed by atoms with Gasteiger partial charge in [0.15, 0.2) is 0 Å². The summed E-state index contributed by atoms with van der Waals surface area (Å²) in [5, 5.41) is 6.56. The summed E-state index contributed by atoms with van der Waals surface area (Å²) in [5.41, 5.74) is 3.46. The minimum Gasteiger partial charge on any atom is -0.359 e. The van der Waals surface area contributed by atoms with Crippen molar-refractivity contribution in [3.63, 3.8) is 0 Å². The number of Topliss-reactive ketones (excluding diaryl/α,β-unsaturated/α-hetero) is 1. The van der Waals surface area contributed by atoms with E-state index in [2.05, 4.69) is 15.6 Å². The predicted molar refractivity (Wildman–Crippen MR) is 136 cm³/mol. The van der Waals surface area contributed by atoms with Crippen LogP contribution in [0.1, 0.15) is 62.5 Å². The lowest BCUT2D eigenvalue weighted by Crippen LogP contribution is -2.16. The quantitative estimate of drug-likeness (QED) is 0.366. The molecule has 0 radical (unpaired) electrons. The summed E-state index contributed by atoms with van der Waals surface area (Å²) in [6, 6.07) is 17.3. The van der Waals surface area contributed by atoms with Gasteiger partial charge >= 0.3 is 0 Å². The molecular formula is C28H33N3O3. The molecule has 0 spiro atoms. The van der Waals surface area contributed by atoms with Crippen molar-refractivity contribution in [3.8, 4) is 0 Å². The molecule has 0 bridgehead atoms. The van der Waals surface area contributed by atoms with Crippen LogP contribution in [0.2, 0.25) is 0 Å². The number of benzene rings is 2. The highest BCUT2D eigenvalue weighted by molar-refractivity contribution is 5.92. The molecule has 1 heterocycles. The summed E-state index contributed by atoms with van der Waals surface area (Å²) < 4.78 is 0. The fourth-order valence-electron chi connectivity index (χ4n) is 3.97. The van der Waals surface area contributed by atoms with Gasteiger partial charge in [-0.15, -0.1) is 0 Å². The van der Waals surface area contributed by atoms with E-state index < -0.39 is 0 Å². The number of carbonyl (C=O) groups excluding carboxylic acids is 3. The number of ketones is 1. The third-order valence-electron chi connectivity index (χ3n) is 6.09. The van der Waals surface area contributed by atoms with E-state index in [1.54, 1.807) is 13.2 Å². The minimum absolute atomic E-state index is 0.0216. The van der Waals surface area contributed by atoms with Crippen molar-refractivity contribution in [3.05, 3.63) is 71.9 Å². The van der Waals surface area contributed by atoms with Crippen molar-refractivity contribution in [2.75, 3.05) is 12.4 Å². The van der Waals surface area contributed by atoms with E-state index in [4.69, 9.17) is 0 Å². The Kier molecular flexibility index (Phi) is 9.32. The molecule has 6 nitrogen and oxygen atoms in total. The Morgan fingerprint density at radius 2 is 1.53 bits per heavy atom. The van der Waals surface area contributed by atoms with Crippen LogP contribution in [0.5, 0.6) is 0 Å². The van der Waals surface area contributed by atoms with Crippen LogP contribution in [0.25, 0.3) is 10.9 Å². The zero-order valence-electron chi connectivity index (χ0n) is 20.0.